The number of halogens is 1. The van der Waals surface area contributed by atoms with Crippen LogP contribution in [0.2, 0.25) is 0 Å². The molecule has 0 saturated carbocycles. The Balaban J connectivity index is 4.10. The minimum atomic E-state index is -1.92. The molecule has 16 heavy (non-hydrogen) atoms. The van der Waals surface area contributed by atoms with E-state index in [0.717, 1.165) is 19.3 Å². The highest BCUT2D eigenvalue weighted by atomic mass is 19.1. The second kappa shape index (κ2) is 8.96. The summed E-state index contributed by atoms with van der Waals surface area (Å²) in [6.07, 6.45) is 6.35. The third-order valence-electron chi connectivity index (χ3n) is 2.33. The molecular formula is C11H17FN2O2. The number of nitrogens with zero attached hydrogens (tertiary/aromatic N) is 2. The molecule has 0 aliphatic heterocycles. The highest BCUT2D eigenvalue weighted by Gasteiger charge is 2.27. The van der Waals surface area contributed by atoms with E-state index in [0.29, 0.717) is 6.42 Å². The van der Waals surface area contributed by atoms with Gasteiger partial charge in [-0.1, -0.05) is 26.2 Å². The standard InChI is InChI=1S/C11H17FN2O2/c1-2-3-4-5-6-11(12,14-10-16)7-8-13-9-15/h2-8H2,1H3. The van der Waals surface area contributed by atoms with Crippen molar-refractivity contribution in [2.75, 3.05) is 6.54 Å². The minimum Gasteiger partial charge on any atom is -0.217 e. The molecule has 0 rings (SSSR count). The van der Waals surface area contributed by atoms with Crippen molar-refractivity contribution in [3.63, 3.8) is 0 Å². The fourth-order valence-electron chi connectivity index (χ4n) is 1.41. The summed E-state index contributed by atoms with van der Waals surface area (Å²) >= 11 is 0. The summed E-state index contributed by atoms with van der Waals surface area (Å²) in [4.78, 5) is 26.3. The van der Waals surface area contributed by atoms with Crippen LogP contribution in [0.4, 0.5) is 4.39 Å². The highest BCUT2D eigenvalue weighted by molar-refractivity contribution is 5.34. The van der Waals surface area contributed by atoms with Gasteiger partial charge in [0, 0.05) is 12.8 Å². The molecule has 0 N–H and O–H groups in total. The van der Waals surface area contributed by atoms with Crippen molar-refractivity contribution in [1.29, 1.82) is 0 Å². The fourth-order valence-corrected chi connectivity index (χ4v) is 1.41. The molecule has 0 aromatic rings. The Kier molecular flexibility index (Phi) is 8.22. The lowest BCUT2D eigenvalue weighted by atomic mass is 10.0. The monoisotopic (exact) mass is 228 g/mol. The Morgan fingerprint density at radius 3 is 2.44 bits per heavy atom. The molecule has 0 aromatic heterocycles. The van der Waals surface area contributed by atoms with Gasteiger partial charge in [-0.3, -0.25) is 0 Å². The first kappa shape index (κ1) is 14.7. The molecule has 0 bridgehead atoms. The van der Waals surface area contributed by atoms with Gasteiger partial charge in [-0.2, -0.15) is 4.99 Å². The van der Waals surface area contributed by atoms with Crippen molar-refractivity contribution >= 4 is 12.2 Å². The summed E-state index contributed by atoms with van der Waals surface area (Å²) in [5.41, 5.74) is 0. The smallest absolute Gasteiger partial charge is 0.217 e. The van der Waals surface area contributed by atoms with E-state index < -0.39 is 5.79 Å². The summed E-state index contributed by atoms with van der Waals surface area (Å²) in [6.45, 7) is 2.06. The molecular weight excluding hydrogens is 211 g/mol. The van der Waals surface area contributed by atoms with Gasteiger partial charge in [0.2, 0.25) is 18.0 Å². The molecule has 0 saturated heterocycles. The van der Waals surface area contributed by atoms with E-state index in [-0.39, 0.29) is 19.4 Å². The van der Waals surface area contributed by atoms with Crippen molar-refractivity contribution in [3.8, 4) is 0 Å². The van der Waals surface area contributed by atoms with Crippen molar-refractivity contribution in [3.05, 3.63) is 0 Å². The first-order valence-corrected chi connectivity index (χ1v) is 5.50. The average Bonchev–Trinajstić information content (AvgIpc) is 2.25. The van der Waals surface area contributed by atoms with Gasteiger partial charge in [-0.05, 0) is 6.42 Å². The van der Waals surface area contributed by atoms with Crippen LogP contribution in [0, 0.1) is 0 Å². The molecule has 90 valence electrons. The van der Waals surface area contributed by atoms with Crippen LogP contribution in [0.1, 0.15) is 45.4 Å². The van der Waals surface area contributed by atoms with E-state index in [1.165, 1.54) is 12.2 Å². The van der Waals surface area contributed by atoms with E-state index in [9.17, 15) is 14.0 Å². The van der Waals surface area contributed by atoms with Gasteiger partial charge in [0.05, 0.1) is 6.54 Å². The molecule has 0 amide bonds. The van der Waals surface area contributed by atoms with Crippen LogP contribution in [0.25, 0.3) is 0 Å². The molecule has 0 radical (unpaired) electrons. The van der Waals surface area contributed by atoms with Crippen LogP contribution in [0.5, 0.6) is 0 Å². The largest absolute Gasteiger partial charge is 0.238 e. The average molecular weight is 228 g/mol. The van der Waals surface area contributed by atoms with Crippen LogP contribution >= 0.6 is 0 Å². The number of hydrogen-bond acceptors (Lipinski definition) is 4. The topological polar surface area (TPSA) is 58.9 Å². The van der Waals surface area contributed by atoms with Gasteiger partial charge in [0.15, 0.2) is 0 Å². The SMILES string of the molecule is CCCCCCC(F)(CCN=C=O)N=C=O. The van der Waals surface area contributed by atoms with E-state index in [2.05, 4.69) is 16.9 Å². The summed E-state index contributed by atoms with van der Waals surface area (Å²) in [5.74, 6) is -1.92. The summed E-state index contributed by atoms with van der Waals surface area (Å²) in [6, 6.07) is 0. The normalized spacial score (nSPS) is 13.4. The summed E-state index contributed by atoms with van der Waals surface area (Å²) in [7, 11) is 0. The number of carbonyl (C=O) groups excluding carboxylic acids is 2. The molecule has 0 aliphatic rings. The Bertz CT molecular complexity index is 284. The zero-order valence-electron chi connectivity index (χ0n) is 9.54. The number of alkyl halides is 1. The zero-order chi connectivity index (χ0) is 12.3. The second-order valence-electron chi connectivity index (χ2n) is 3.65. The zero-order valence-corrected chi connectivity index (χ0v) is 9.54. The Labute approximate surface area is 94.7 Å². The minimum absolute atomic E-state index is 0.00103. The Morgan fingerprint density at radius 2 is 1.88 bits per heavy atom. The van der Waals surface area contributed by atoms with Gasteiger partial charge in [-0.25, -0.2) is 19.0 Å². The van der Waals surface area contributed by atoms with E-state index in [4.69, 9.17) is 0 Å². The van der Waals surface area contributed by atoms with Crippen LogP contribution in [-0.4, -0.2) is 24.5 Å². The molecule has 0 fully saturated rings. The van der Waals surface area contributed by atoms with Crippen molar-refractivity contribution in [2.45, 2.75) is 51.2 Å². The van der Waals surface area contributed by atoms with E-state index >= 15 is 0 Å². The molecule has 0 spiro atoms. The first-order valence-electron chi connectivity index (χ1n) is 5.50. The number of hydrogen-bond donors (Lipinski definition) is 0. The van der Waals surface area contributed by atoms with Crippen LogP contribution in [-0.2, 0) is 9.59 Å². The number of isocyanates is 2. The fraction of sp³-hybridized carbons (Fsp3) is 0.818. The van der Waals surface area contributed by atoms with Gasteiger partial charge in [0.25, 0.3) is 0 Å². The lowest BCUT2D eigenvalue weighted by molar-refractivity contribution is 0.147. The van der Waals surface area contributed by atoms with Gasteiger partial charge >= 0.3 is 0 Å². The molecule has 0 aliphatic carbocycles. The summed E-state index contributed by atoms with van der Waals surface area (Å²) in [5, 5.41) is 0. The summed E-state index contributed by atoms with van der Waals surface area (Å²) < 4.78 is 13.9. The number of rotatable bonds is 9. The van der Waals surface area contributed by atoms with Gasteiger partial charge in [-0.15, -0.1) is 0 Å². The molecule has 5 heteroatoms. The van der Waals surface area contributed by atoms with Gasteiger partial charge < -0.3 is 0 Å². The molecule has 4 nitrogen and oxygen atoms in total. The van der Waals surface area contributed by atoms with Crippen molar-refractivity contribution in [2.24, 2.45) is 9.98 Å². The lowest BCUT2D eigenvalue weighted by Crippen LogP contribution is -2.21. The Morgan fingerprint density at radius 1 is 1.12 bits per heavy atom. The van der Waals surface area contributed by atoms with Crippen molar-refractivity contribution in [1.82, 2.24) is 0 Å². The maximum Gasteiger partial charge on any atom is 0.238 e. The predicted octanol–water partition coefficient (Wildman–Crippen LogP) is 2.68. The molecule has 0 heterocycles. The Hall–Kier alpha value is -1.31. The molecule has 1 atom stereocenters. The second-order valence-corrected chi connectivity index (χ2v) is 3.65. The predicted molar refractivity (Wildman–Crippen MR) is 58.3 cm³/mol. The van der Waals surface area contributed by atoms with E-state index in [1.807, 2.05) is 0 Å². The highest BCUT2D eigenvalue weighted by Crippen LogP contribution is 2.25. The van der Waals surface area contributed by atoms with Crippen LogP contribution < -0.4 is 0 Å². The lowest BCUT2D eigenvalue weighted by Gasteiger charge is -2.17. The van der Waals surface area contributed by atoms with Gasteiger partial charge in [0.1, 0.15) is 0 Å². The quantitative estimate of drug-likeness (QED) is 0.263. The number of unbranched alkanes of at least 4 members (excludes halogenated alkanes) is 3. The van der Waals surface area contributed by atoms with Crippen LogP contribution in [0.15, 0.2) is 9.98 Å². The van der Waals surface area contributed by atoms with Crippen molar-refractivity contribution < 1.29 is 14.0 Å². The third kappa shape index (κ3) is 7.04. The first-order chi connectivity index (χ1) is 7.68. The maximum absolute atomic E-state index is 13.9. The molecule has 0 aromatic carbocycles. The number of aliphatic imine (C=N–C) groups is 2. The van der Waals surface area contributed by atoms with Crippen LogP contribution in [0.3, 0.4) is 0 Å². The molecule has 1 unspecified atom stereocenters. The van der Waals surface area contributed by atoms with E-state index in [1.54, 1.807) is 0 Å². The third-order valence-corrected chi connectivity index (χ3v) is 2.33. The maximum atomic E-state index is 13.9.